The van der Waals surface area contributed by atoms with Crippen LogP contribution in [0.2, 0.25) is 0 Å². The highest BCUT2D eigenvalue weighted by molar-refractivity contribution is 7.17. The molecule has 0 aromatic carbocycles. The molecule has 0 saturated carbocycles. The van der Waals surface area contributed by atoms with E-state index in [2.05, 4.69) is 52.5 Å². The highest BCUT2D eigenvalue weighted by Crippen LogP contribution is 2.29. The second-order valence-corrected chi connectivity index (χ2v) is 7.53. The fourth-order valence-electron chi connectivity index (χ4n) is 3.50. The van der Waals surface area contributed by atoms with Crippen molar-refractivity contribution >= 4 is 21.4 Å². The summed E-state index contributed by atoms with van der Waals surface area (Å²) < 4.78 is 3.12. The Morgan fingerprint density at radius 1 is 1.35 bits per heavy atom. The van der Waals surface area contributed by atoms with Crippen molar-refractivity contribution in [3.63, 3.8) is 0 Å². The van der Waals surface area contributed by atoms with Gasteiger partial charge in [0.25, 0.3) is 0 Å². The summed E-state index contributed by atoms with van der Waals surface area (Å²) in [5.41, 5.74) is 1.27. The molecule has 1 aliphatic rings. The van der Waals surface area contributed by atoms with E-state index in [-0.39, 0.29) is 0 Å². The number of aromatic nitrogens is 3. The largest absolute Gasteiger partial charge is 0.296 e. The zero-order valence-corrected chi connectivity index (χ0v) is 14.5. The lowest BCUT2D eigenvalue weighted by Crippen LogP contribution is -2.36. The van der Waals surface area contributed by atoms with Gasteiger partial charge < -0.3 is 0 Å². The van der Waals surface area contributed by atoms with Gasteiger partial charge in [-0.05, 0) is 55.1 Å². The molecule has 3 aromatic heterocycles. The van der Waals surface area contributed by atoms with Gasteiger partial charge in [0.1, 0.15) is 0 Å². The van der Waals surface area contributed by atoms with Crippen LogP contribution in [0.5, 0.6) is 0 Å². The number of nitrogens with zero attached hydrogens (tertiary/aromatic N) is 4. The van der Waals surface area contributed by atoms with Gasteiger partial charge in [0.05, 0.1) is 10.9 Å². The predicted molar refractivity (Wildman–Crippen MR) is 95.1 cm³/mol. The zero-order valence-electron chi connectivity index (χ0n) is 13.6. The van der Waals surface area contributed by atoms with E-state index in [0.717, 1.165) is 11.7 Å². The van der Waals surface area contributed by atoms with Gasteiger partial charge in [0.15, 0.2) is 5.82 Å². The molecule has 4 heterocycles. The van der Waals surface area contributed by atoms with Gasteiger partial charge >= 0.3 is 0 Å². The number of pyridine rings is 1. The Balaban J connectivity index is 1.62. The Hall–Kier alpha value is -1.72. The fourth-order valence-corrected chi connectivity index (χ4v) is 4.37. The first-order valence-corrected chi connectivity index (χ1v) is 9.21. The molecule has 4 rings (SSSR count). The van der Waals surface area contributed by atoms with E-state index in [0.29, 0.717) is 6.04 Å². The lowest BCUT2D eigenvalue weighted by molar-refractivity contribution is 0.139. The van der Waals surface area contributed by atoms with Crippen LogP contribution >= 0.6 is 11.3 Å². The number of hydrogen-bond acceptors (Lipinski definition) is 4. The van der Waals surface area contributed by atoms with Crippen LogP contribution in [0.1, 0.15) is 38.3 Å². The van der Waals surface area contributed by atoms with Crippen LogP contribution in [-0.4, -0.2) is 32.8 Å². The first-order valence-electron chi connectivity index (χ1n) is 8.33. The minimum atomic E-state index is 0.411. The molecular weight excluding hydrogens is 304 g/mol. The third kappa shape index (κ3) is 2.79. The van der Waals surface area contributed by atoms with Crippen molar-refractivity contribution in [2.75, 3.05) is 13.1 Å². The molecule has 3 aromatic rings. The lowest BCUT2D eigenvalue weighted by Gasteiger charge is -2.35. The molecule has 5 heteroatoms. The molecule has 23 heavy (non-hydrogen) atoms. The first-order chi connectivity index (χ1) is 11.2. The van der Waals surface area contributed by atoms with Gasteiger partial charge in [-0.15, -0.1) is 11.3 Å². The second-order valence-electron chi connectivity index (χ2n) is 6.61. The van der Waals surface area contributed by atoms with Crippen LogP contribution in [0, 0.1) is 5.92 Å². The third-order valence-electron chi connectivity index (χ3n) is 4.89. The van der Waals surface area contributed by atoms with Crippen LogP contribution in [0.4, 0.5) is 0 Å². The van der Waals surface area contributed by atoms with Gasteiger partial charge in [-0.3, -0.25) is 4.90 Å². The van der Waals surface area contributed by atoms with Crippen LogP contribution in [0.3, 0.4) is 0 Å². The number of thiophene rings is 1. The fraction of sp³-hybridized carbons (Fsp3) is 0.444. The molecule has 0 aliphatic carbocycles. The Morgan fingerprint density at radius 3 is 3.13 bits per heavy atom. The average molecular weight is 326 g/mol. The van der Waals surface area contributed by atoms with E-state index in [1.807, 2.05) is 17.1 Å². The number of likely N-dealkylation sites (tertiary alicyclic amines) is 1. The standard InChI is InChI=1S/C18H22N4S/c1-13-4-3-8-21(11-13)14(2)16-10-20-22(12-16)18-17-15(5-7-19-18)6-9-23-17/h5-7,9-10,12-14H,3-4,8,11H2,1-2H3. The molecular formula is C18H22N4S. The smallest absolute Gasteiger partial charge is 0.171 e. The normalized spacial score (nSPS) is 20.9. The maximum Gasteiger partial charge on any atom is 0.171 e. The summed E-state index contributed by atoms with van der Waals surface area (Å²) in [6.07, 6.45) is 8.66. The Kier molecular flexibility index (Phi) is 3.91. The number of fused-ring (bicyclic) bond motifs is 1. The summed E-state index contributed by atoms with van der Waals surface area (Å²) in [4.78, 5) is 7.12. The van der Waals surface area contributed by atoms with Crippen molar-refractivity contribution in [3.8, 4) is 5.82 Å². The number of rotatable bonds is 3. The SMILES string of the molecule is CC1CCCN(C(C)c2cnn(-c3nccc4ccsc34)c2)C1. The van der Waals surface area contributed by atoms with Crippen molar-refractivity contribution in [1.82, 2.24) is 19.7 Å². The highest BCUT2D eigenvalue weighted by Gasteiger charge is 2.23. The van der Waals surface area contributed by atoms with Crippen LogP contribution in [0.25, 0.3) is 15.9 Å². The van der Waals surface area contributed by atoms with Gasteiger partial charge in [-0.25, -0.2) is 9.67 Å². The number of piperidine rings is 1. The summed E-state index contributed by atoms with van der Waals surface area (Å²) in [6, 6.07) is 4.60. The Bertz CT molecular complexity index is 806. The summed E-state index contributed by atoms with van der Waals surface area (Å²) in [5.74, 6) is 1.73. The van der Waals surface area contributed by atoms with Gasteiger partial charge in [-0.2, -0.15) is 5.10 Å². The van der Waals surface area contributed by atoms with Crippen LogP contribution in [0.15, 0.2) is 36.1 Å². The maximum absolute atomic E-state index is 4.59. The van der Waals surface area contributed by atoms with Gasteiger partial charge in [-0.1, -0.05) is 6.92 Å². The minimum absolute atomic E-state index is 0.411. The Morgan fingerprint density at radius 2 is 2.26 bits per heavy atom. The van der Waals surface area contributed by atoms with Gasteiger partial charge in [0.2, 0.25) is 0 Å². The monoisotopic (exact) mass is 326 g/mol. The molecule has 1 aliphatic heterocycles. The predicted octanol–water partition coefficient (Wildman–Crippen LogP) is 4.27. The van der Waals surface area contributed by atoms with E-state index in [4.69, 9.17) is 0 Å². The van der Waals surface area contributed by atoms with E-state index in [9.17, 15) is 0 Å². The van der Waals surface area contributed by atoms with E-state index in [1.165, 1.54) is 41.6 Å². The van der Waals surface area contributed by atoms with Crippen molar-refractivity contribution in [1.29, 1.82) is 0 Å². The van der Waals surface area contributed by atoms with E-state index >= 15 is 0 Å². The van der Waals surface area contributed by atoms with E-state index < -0.39 is 0 Å². The quantitative estimate of drug-likeness (QED) is 0.720. The minimum Gasteiger partial charge on any atom is -0.296 e. The topological polar surface area (TPSA) is 34.0 Å². The molecule has 0 N–H and O–H groups in total. The molecule has 0 spiro atoms. The maximum atomic E-state index is 4.59. The molecule has 0 radical (unpaired) electrons. The molecule has 1 saturated heterocycles. The summed E-state index contributed by atoms with van der Waals surface area (Å²) >= 11 is 1.72. The van der Waals surface area contributed by atoms with Crippen molar-refractivity contribution in [2.24, 2.45) is 5.92 Å². The third-order valence-corrected chi connectivity index (χ3v) is 5.81. The van der Waals surface area contributed by atoms with Crippen molar-refractivity contribution in [3.05, 3.63) is 41.7 Å². The molecule has 1 fully saturated rings. The zero-order chi connectivity index (χ0) is 15.8. The van der Waals surface area contributed by atoms with Crippen LogP contribution in [-0.2, 0) is 0 Å². The van der Waals surface area contributed by atoms with Crippen molar-refractivity contribution < 1.29 is 0 Å². The molecule has 4 nitrogen and oxygen atoms in total. The molecule has 0 bridgehead atoms. The summed E-state index contributed by atoms with van der Waals surface area (Å²) in [6.45, 7) is 7.02. The average Bonchev–Trinajstić information content (AvgIpc) is 3.23. The van der Waals surface area contributed by atoms with E-state index in [1.54, 1.807) is 11.3 Å². The Labute approximate surface area is 140 Å². The second kappa shape index (κ2) is 6.06. The molecule has 120 valence electrons. The lowest BCUT2D eigenvalue weighted by atomic mass is 9.98. The summed E-state index contributed by atoms with van der Waals surface area (Å²) in [5, 5.41) is 7.93. The molecule has 2 atom stereocenters. The van der Waals surface area contributed by atoms with Gasteiger partial charge in [0, 0.05) is 30.5 Å². The molecule has 2 unspecified atom stereocenters. The first kappa shape index (κ1) is 14.8. The van der Waals surface area contributed by atoms with Crippen molar-refractivity contribution in [2.45, 2.75) is 32.7 Å². The van der Waals surface area contributed by atoms with Crippen LogP contribution < -0.4 is 0 Å². The highest BCUT2D eigenvalue weighted by atomic mass is 32.1. The summed E-state index contributed by atoms with van der Waals surface area (Å²) in [7, 11) is 0. The molecule has 0 amide bonds. The number of hydrogen-bond donors (Lipinski definition) is 0.